The fourth-order valence-electron chi connectivity index (χ4n) is 1.65. The lowest BCUT2D eigenvalue weighted by atomic mass is 10.2. The van der Waals surface area contributed by atoms with Gasteiger partial charge in [0.1, 0.15) is 10.6 Å². The number of furan rings is 1. The third-order valence-electron chi connectivity index (χ3n) is 2.53. The van der Waals surface area contributed by atoms with Crippen molar-refractivity contribution >= 4 is 39.9 Å². The second kappa shape index (κ2) is 5.14. The number of hydrogen-bond donors (Lipinski definition) is 0. The molecular formula is C13H10N2O2S2. The van der Waals surface area contributed by atoms with E-state index in [1.165, 1.54) is 23.1 Å². The molecule has 0 unspecified atom stereocenters. The Kier molecular flexibility index (Phi) is 3.35. The second-order valence-electron chi connectivity index (χ2n) is 3.95. The summed E-state index contributed by atoms with van der Waals surface area (Å²) >= 11 is 2.88. The monoisotopic (exact) mass is 290 g/mol. The maximum atomic E-state index is 12.0. The van der Waals surface area contributed by atoms with Crippen molar-refractivity contribution in [3.8, 4) is 0 Å². The van der Waals surface area contributed by atoms with E-state index in [0.29, 0.717) is 11.5 Å². The van der Waals surface area contributed by atoms with Crippen molar-refractivity contribution in [2.24, 2.45) is 0 Å². The lowest BCUT2D eigenvalue weighted by Gasteiger charge is -1.93. The zero-order valence-corrected chi connectivity index (χ0v) is 11.8. The predicted octanol–water partition coefficient (Wildman–Crippen LogP) is 3.57. The number of para-hydroxylation sites is 1. The van der Waals surface area contributed by atoms with Gasteiger partial charge in [0.2, 0.25) is 5.78 Å². The van der Waals surface area contributed by atoms with E-state index in [-0.39, 0.29) is 5.78 Å². The van der Waals surface area contributed by atoms with Gasteiger partial charge in [0.05, 0.1) is 5.75 Å². The molecule has 1 aromatic carbocycles. The van der Waals surface area contributed by atoms with E-state index in [2.05, 4.69) is 10.2 Å². The molecule has 2 aromatic heterocycles. The lowest BCUT2D eigenvalue weighted by Crippen LogP contribution is -2.00. The van der Waals surface area contributed by atoms with E-state index in [4.69, 9.17) is 4.42 Å². The number of carbonyl (C=O) groups excluding carboxylic acids is 1. The van der Waals surface area contributed by atoms with Gasteiger partial charge in [-0.25, -0.2) is 0 Å². The van der Waals surface area contributed by atoms with Gasteiger partial charge in [-0.15, -0.1) is 10.2 Å². The zero-order chi connectivity index (χ0) is 13.2. The van der Waals surface area contributed by atoms with Crippen LogP contribution in [0.5, 0.6) is 0 Å². The summed E-state index contributed by atoms with van der Waals surface area (Å²) in [6, 6.07) is 9.37. The van der Waals surface area contributed by atoms with Gasteiger partial charge in [-0.2, -0.15) is 0 Å². The number of aromatic nitrogens is 2. The summed E-state index contributed by atoms with van der Waals surface area (Å²) in [6.07, 6.45) is 0. The highest BCUT2D eigenvalue weighted by atomic mass is 32.2. The van der Waals surface area contributed by atoms with Crippen LogP contribution in [0.4, 0.5) is 0 Å². The van der Waals surface area contributed by atoms with Crippen LogP contribution in [0, 0.1) is 6.92 Å². The fourth-order valence-corrected chi connectivity index (χ4v) is 3.34. The van der Waals surface area contributed by atoms with Crippen molar-refractivity contribution in [2.45, 2.75) is 11.3 Å². The van der Waals surface area contributed by atoms with E-state index in [1.807, 2.05) is 31.2 Å². The minimum absolute atomic E-state index is 0.0333. The minimum Gasteiger partial charge on any atom is -0.453 e. The molecule has 19 heavy (non-hydrogen) atoms. The van der Waals surface area contributed by atoms with Crippen LogP contribution in [-0.2, 0) is 0 Å². The predicted molar refractivity (Wildman–Crippen MR) is 75.9 cm³/mol. The number of rotatable bonds is 4. The molecular weight excluding hydrogens is 280 g/mol. The zero-order valence-electron chi connectivity index (χ0n) is 10.1. The van der Waals surface area contributed by atoms with Crippen molar-refractivity contribution in [3.05, 3.63) is 41.1 Å². The maximum Gasteiger partial charge on any atom is 0.208 e. The number of thioether (sulfide) groups is 1. The molecule has 0 aliphatic rings. The first-order chi connectivity index (χ1) is 9.22. The number of benzene rings is 1. The summed E-state index contributed by atoms with van der Waals surface area (Å²) in [5.74, 6) is 0.679. The number of hydrogen-bond acceptors (Lipinski definition) is 6. The van der Waals surface area contributed by atoms with E-state index < -0.39 is 0 Å². The number of nitrogens with zero attached hydrogens (tertiary/aromatic N) is 2. The van der Waals surface area contributed by atoms with Gasteiger partial charge in [-0.05, 0) is 19.1 Å². The van der Waals surface area contributed by atoms with E-state index >= 15 is 0 Å². The van der Waals surface area contributed by atoms with Gasteiger partial charge in [0.15, 0.2) is 10.1 Å². The SMILES string of the molecule is Cc1nnc(SCC(=O)c2cc3ccccc3o2)s1. The standard InChI is InChI=1S/C13H10N2O2S2/c1-8-14-15-13(19-8)18-7-10(16)12-6-9-4-2-3-5-11(9)17-12/h2-6H,7H2,1H3. The lowest BCUT2D eigenvalue weighted by molar-refractivity contribution is 0.0994. The molecule has 0 N–H and O–H groups in total. The third-order valence-corrected chi connectivity index (χ3v) is 4.51. The maximum absolute atomic E-state index is 12.0. The van der Waals surface area contributed by atoms with Crippen LogP contribution in [-0.4, -0.2) is 21.7 Å². The van der Waals surface area contributed by atoms with Crippen LogP contribution in [0.25, 0.3) is 11.0 Å². The van der Waals surface area contributed by atoms with Gasteiger partial charge < -0.3 is 4.42 Å². The highest BCUT2D eigenvalue weighted by molar-refractivity contribution is 8.01. The topological polar surface area (TPSA) is 56.0 Å². The normalized spacial score (nSPS) is 11.0. The summed E-state index contributed by atoms with van der Waals surface area (Å²) in [5.41, 5.74) is 0.739. The summed E-state index contributed by atoms with van der Waals surface area (Å²) < 4.78 is 6.34. The fraction of sp³-hybridized carbons (Fsp3) is 0.154. The molecule has 4 nitrogen and oxygen atoms in total. The molecule has 0 fully saturated rings. The smallest absolute Gasteiger partial charge is 0.208 e. The van der Waals surface area contributed by atoms with Crippen LogP contribution in [0.15, 0.2) is 39.1 Å². The van der Waals surface area contributed by atoms with Crippen molar-refractivity contribution < 1.29 is 9.21 Å². The Hall–Kier alpha value is -1.66. The van der Waals surface area contributed by atoms with Crippen molar-refractivity contribution in [1.29, 1.82) is 0 Å². The molecule has 0 amide bonds. The van der Waals surface area contributed by atoms with Crippen molar-refractivity contribution in [2.75, 3.05) is 5.75 Å². The van der Waals surface area contributed by atoms with Crippen molar-refractivity contribution in [1.82, 2.24) is 10.2 Å². The van der Waals surface area contributed by atoms with Gasteiger partial charge in [0.25, 0.3) is 0 Å². The van der Waals surface area contributed by atoms with E-state index in [9.17, 15) is 4.79 Å². The molecule has 2 heterocycles. The molecule has 6 heteroatoms. The van der Waals surface area contributed by atoms with E-state index in [1.54, 1.807) is 6.07 Å². The van der Waals surface area contributed by atoms with Crippen LogP contribution in [0.3, 0.4) is 0 Å². The average Bonchev–Trinajstić information content (AvgIpc) is 3.01. The Morgan fingerprint density at radius 2 is 2.21 bits per heavy atom. The first kappa shape index (κ1) is 12.4. The molecule has 0 atom stereocenters. The van der Waals surface area contributed by atoms with Crippen LogP contribution >= 0.6 is 23.1 Å². The Balaban J connectivity index is 1.73. The molecule has 0 spiro atoms. The minimum atomic E-state index is -0.0333. The quantitative estimate of drug-likeness (QED) is 0.543. The Morgan fingerprint density at radius 1 is 1.37 bits per heavy atom. The Labute approximate surface area is 117 Å². The largest absolute Gasteiger partial charge is 0.453 e. The Bertz CT molecular complexity index is 700. The summed E-state index contributed by atoms with van der Waals surface area (Å²) in [4.78, 5) is 12.0. The molecule has 0 saturated carbocycles. The van der Waals surface area contributed by atoms with E-state index in [0.717, 1.165) is 20.3 Å². The van der Waals surface area contributed by atoms with Gasteiger partial charge >= 0.3 is 0 Å². The first-order valence-corrected chi connectivity index (χ1v) is 7.47. The number of ketones is 1. The van der Waals surface area contributed by atoms with Gasteiger partial charge in [-0.1, -0.05) is 41.3 Å². The first-order valence-electron chi connectivity index (χ1n) is 5.67. The Morgan fingerprint density at radius 3 is 2.95 bits per heavy atom. The second-order valence-corrected chi connectivity index (χ2v) is 6.35. The summed E-state index contributed by atoms with van der Waals surface area (Å²) in [6.45, 7) is 1.89. The van der Waals surface area contributed by atoms with Gasteiger partial charge in [-0.3, -0.25) is 4.79 Å². The van der Waals surface area contributed by atoms with Crippen LogP contribution in [0.2, 0.25) is 0 Å². The summed E-state index contributed by atoms with van der Waals surface area (Å²) in [7, 11) is 0. The highest BCUT2D eigenvalue weighted by Gasteiger charge is 2.13. The number of aryl methyl sites for hydroxylation is 1. The highest BCUT2D eigenvalue weighted by Crippen LogP contribution is 2.24. The molecule has 0 radical (unpaired) electrons. The number of carbonyl (C=O) groups is 1. The van der Waals surface area contributed by atoms with Gasteiger partial charge in [0, 0.05) is 5.39 Å². The number of Topliss-reactive ketones (excluding diaryl/α,β-unsaturated/α-hetero) is 1. The molecule has 0 aliphatic heterocycles. The van der Waals surface area contributed by atoms with Crippen LogP contribution < -0.4 is 0 Å². The van der Waals surface area contributed by atoms with Crippen molar-refractivity contribution in [3.63, 3.8) is 0 Å². The number of fused-ring (bicyclic) bond motifs is 1. The molecule has 96 valence electrons. The third kappa shape index (κ3) is 2.69. The molecule has 0 bridgehead atoms. The molecule has 3 aromatic rings. The average molecular weight is 290 g/mol. The summed E-state index contributed by atoms with van der Waals surface area (Å²) in [5, 5.41) is 9.74. The molecule has 0 aliphatic carbocycles. The molecule has 3 rings (SSSR count). The molecule has 0 saturated heterocycles. The van der Waals surface area contributed by atoms with Crippen LogP contribution in [0.1, 0.15) is 15.6 Å².